The summed E-state index contributed by atoms with van der Waals surface area (Å²) in [6.07, 6.45) is 42.2. The van der Waals surface area contributed by atoms with Crippen molar-refractivity contribution in [3.8, 4) is 0 Å². The summed E-state index contributed by atoms with van der Waals surface area (Å²) in [7, 11) is 0. The molecule has 1 fully saturated rings. The van der Waals surface area contributed by atoms with E-state index in [1.165, 1.54) is 154 Å². The summed E-state index contributed by atoms with van der Waals surface area (Å²) in [5.41, 5.74) is 0. The van der Waals surface area contributed by atoms with Crippen LogP contribution in [0.5, 0.6) is 0 Å². The number of nitrogens with one attached hydrogen (secondary N) is 1. The SMILES string of the molecule is CCCCC/C=C/CC/C=C/CCCC(O)C(O)C(COC1OC(CO)C(O)C(O)C1O)NC(=O)C(O)CCCCCCCCCCCCC/C=C\CCCCCCCCCCCCCC. The summed E-state index contributed by atoms with van der Waals surface area (Å²) in [5.74, 6) is -0.711. The molecule has 11 nitrogen and oxygen atoms in total. The average molecular weight is 938 g/mol. The van der Waals surface area contributed by atoms with Crippen molar-refractivity contribution in [1.82, 2.24) is 5.32 Å². The molecular weight excluding hydrogens is 835 g/mol. The van der Waals surface area contributed by atoms with Gasteiger partial charge in [-0.1, -0.05) is 198 Å². The van der Waals surface area contributed by atoms with Crippen LogP contribution in [-0.4, -0.2) is 110 Å². The summed E-state index contributed by atoms with van der Waals surface area (Å²) < 4.78 is 11.1. The lowest BCUT2D eigenvalue weighted by atomic mass is 9.98. The fraction of sp³-hybridized carbons (Fsp3) is 0.873. The lowest BCUT2D eigenvalue weighted by molar-refractivity contribution is -0.303. The number of amides is 1. The zero-order valence-electron chi connectivity index (χ0n) is 42.2. The molecule has 9 atom stereocenters. The van der Waals surface area contributed by atoms with E-state index in [1.54, 1.807) is 0 Å². The first kappa shape index (κ1) is 62.3. The molecule has 0 bridgehead atoms. The Kier molecular flexibility index (Phi) is 42.1. The number of rotatable bonds is 46. The van der Waals surface area contributed by atoms with Crippen LogP contribution in [0.3, 0.4) is 0 Å². The molecule has 0 aromatic heterocycles. The van der Waals surface area contributed by atoms with Gasteiger partial charge in [-0.25, -0.2) is 0 Å². The van der Waals surface area contributed by atoms with Crippen LogP contribution in [0.25, 0.3) is 0 Å². The van der Waals surface area contributed by atoms with Gasteiger partial charge in [0.05, 0.1) is 25.4 Å². The third-order valence-corrected chi connectivity index (χ3v) is 13.1. The molecular formula is C55H103NO10. The summed E-state index contributed by atoms with van der Waals surface area (Å²) in [5, 5.41) is 75.8. The largest absolute Gasteiger partial charge is 0.394 e. The average Bonchev–Trinajstić information content (AvgIpc) is 3.32. The second-order valence-electron chi connectivity index (χ2n) is 19.3. The third kappa shape index (κ3) is 33.0. The molecule has 1 aliphatic rings. The molecule has 1 heterocycles. The minimum Gasteiger partial charge on any atom is -0.394 e. The molecule has 0 aliphatic carbocycles. The summed E-state index contributed by atoms with van der Waals surface area (Å²) in [4.78, 5) is 13.1. The van der Waals surface area contributed by atoms with Gasteiger partial charge in [-0.3, -0.25) is 4.79 Å². The Morgan fingerprint density at radius 1 is 0.515 bits per heavy atom. The number of allylic oxidation sites excluding steroid dienone is 6. The first-order chi connectivity index (χ1) is 32.2. The Morgan fingerprint density at radius 3 is 1.38 bits per heavy atom. The van der Waals surface area contributed by atoms with E-state index in [0.717, 1.165) is 38.5 Å². The topological polar surface area (TPSA) is 189 Å². The molecule has 0 spiro atoms. The van der Waals surface area contributed by atoms with E-state index in [-0.39, 0.29) is 12.8 Å². The van der Waals surface area contributed by atoms with E-state index in [9.17, 15) is 40.5 Å². The van der Waals surface area contributed by atoms with Crippen LogP contribution in [0, 0.1) is 0 Å². The van der Waals surface area contributed by atoms with Gasteiger partial charge < -0.3 is 50.5 Å². The number of carbonyl (C=O) groups excluding carboxylic acids is 1. The van der Waals surface area contributed by atoms with Gasteiger partial charge in [0.2, 0.25) is 5.91 Å². The maximum Gasteiger partial charge on any atom is 0.249 e. The predicted molar refractivity (Wildman–Crippen MR) is 270 cm³/mol. The standard InChI is InChI=1S/C55H103NO10/c1-3-5-7-9-11-13-15-17-18-19-20-21-22-23-24-25-26-27-28-29-30-31-33-35-37-39-41-43-48(59)54(64)56-46(45-65-55-53(63)52(62)51(61)49(44-57)66-55)50(60)47(58)42-40-38-36-34-32-16-14-12-10-8-6-4-2/h12,14,23-24,34,36,46-53,55,57-63H,3-11,13,15-22,25-33,35,37-45H2,1-2H3,(H,56,64)/b14-12+,24-23-,36-34+. The lowest BCUT2D eigenvalue weighted by Gasteiger charge is -2.40. The van der Waals surface area contributed by atoms with E-state index in [2.05, 4.69) is 55.6 Å². The maximum atomic E-state index is 13.1. The highest BCUT2D eigenvalue weighted by Crippen LogP contribution is 2.23. The number of hydrogen-bond donors (Lipinski definition) is 8. The van der Waals surface area contributed by atoms with Crippen LogP contribution in [-0.2, 0) is 14.3 Å². The molecule has 11 heteroatoms. The van der Waals surface area contributed by atoms with Gasteiger partial charge in [0.25, 0.3) is 0 Å². The Morgan fingerprint density at radius 2 is 0.909 bits per heavy atom. The number of unbranched alkanes of at least 4 members (excludes halogenated alkanes) is 28. The number of carbonyl (C=O) groups is 1. The summed E-state index contributed by atoms with van der Waals surface area (Å²) in [6.45, 7) is 3.40. The molecule has 1 saturated heterocycles. The molecule has 1 aliphatic heterocycles. The van der Waals surface area contributed by atoms with Gasteiger partial charge in [-0.15, -0.1) is 0 Å². The molecule has 1 amide bonds. The smallest absolute Gasteiger partial charge is 0.249 e. The fourth-order valence-corrected chi connectivity index (χ4v) is 8.63. The van der Waals surface area contributed by atoms with Crippen LogP contribution in [0.1, 0.15) is 239 Å². The molecule has 9 unspecified atom stereocenters. The number of ether oxygens (including phenoxy) is 2. The molecule has 0 radical (unpaired) electrons. The quantitative estimate of drug-likeness (QED) is 0.0215. The number of aliphatic hydroxyl groups excluding tert-OH is 7. The zero-order valence-corrected chi connectivity index (χ0v) is 42.2. The van der Waals surface area contributed by atoms with Crippen molar-refractivity contribution >= 4 is 5.91 Å². The molecule has 66 heavy (non-hydrogen) atoms. The molecule has 1 rings (SSSR count). The van der Waals surface area contributed by atoms with Crippen molar-refractivity contribution in [1.29, 1.82) is 0 Å². The Labute approximate surface area is 403 Å². The highest BCUT2D eigenvalue weighted by Gasteiger charge is 2.44. The van der Waals surface area contributed by atoms with Crippen molar-refractivity contribution in [3.63, 3.8) is 0 Å². The van der Waals surface area contributed by atoms with Crippen molar-refractivity contribution in [2.75, 3.05) is 13.2 Å². The Hall–Kier alpha value is -1.67. The van der Waals surface area contributed by atoms with Crippen molar-refractivity contribution in [2.45, 2.75) is 294 Å². The van der Waals surface area contributed by atoms with Crippen molar-refractivity contribution in [3.05, 3.63) is 36.5 Å². The third-order valence-electron chi connectivity index (χ3n) is 13.1. The number of hydrogen-bond acceptors (Lipinski definition) is 10. The minimum atomic E-state index is -1.67. The second-order valence-corrected chi connectivity index (χ2v) is 19.3. The first-order valence-corrected chi connectivity index (χ1v) is 27.4. The van der Waals surface area contributed by atoms with Crippen LogP contribution in [0.4, 0.5) is 0 Å². The molecule has 0 saturated carbocycles. The molecule has 0 aromatic carbocycles. The zero-order chi connectivity index (χ0) is 48.3. The van der Waals surface area contributed by atoms with Crippen molar-refractivity contribution in [2.24, 2.45) is 0 Å². The second kappa shape index (κ2) is 44.5. The van der Waals surface area contributed by atoms with E-state index in [0.29, 0.717) is 19.3 Å². The molecule has 8 N–H and O–H groups in total. The molecule has 0 aromatic rings. The van der Waals surface area contributed by atoms with E-state index >= 15 is 0 Å². The van der Waals surface area contributed by atoms with Gasteiger partial charge in [0.15, 0.2) is 6.29 Å². The van der Waals surface area contributed by atoms with Gasteiger partial charge in [0, 0.05) is 0 Å². The van der Waals surface area contributed by atoms with E-state index in [1.807, 2.05) is 0 Å². The van der Waals surface area contributed by atoms with Crippen LogP contribution in [0.2, 0.25) is 0 Å². The highest BCUT2D eigenvalue weighted by atomic mass is 16.7. The monoisotopic (exact) mass is 938 g/mol. The lowest BCUT2D eigenvalue weighted by Crippen LogP contribution is -2.60. The van der Waals surface area contributed by atoms with Gasteiger partial charge in [0.1, 0.15) is 36.6 Å². The number of aliphatic hydroxyl groups is 7. The van der Waals surface area contributed by atoms with Crippen molar-refractivity contribution < 1.29 is 50.0 Å². The van der Waals surface area contributed by atoms with Crippen LogP contribution in [0.15, 0.2) is 36.5 Å². The van der Waals surface area contributed by atoms with Crippen LogP contribution < -0.4 is 5.32 Å². The van der Waals surface area contributed by atoms with Gasteiger partial charge in [-0.2, -0.15) is 0 Å². The summed E-state index contributed by atoms with van der Waals surface area (Å²) >= 11 is 0. The van der Waals surface area contributed by atoms with E-state index < -0.39 is 74.2 Å². The first-order valence-electron chi connectivity index (χ1n) is 27.4. The minimum absolute atomic E-state index is 0.245. The molecule has 388 valence electrons. The van der Waals surface area contributed by atoms with Crippen LogP contribution >= 0.6 is 0 Å². The normalized spacial score (nSPS) is 21.0. The maximum absolute atomic E-state index is 13.1. The summed E-state index contributed by atoms with van der Waals surface area (Å²) in [6, 6.07) is -1.19. The fourth-order valence-electron chi connectivity index (χ4n) is 8.63. The van der Waals surface area contributed by atoms with E-state index in [4.69, 9.17) is 9.47 Å². The Bertz CT molecular complexity index is 1170. The predicted octanol–water partition coefficient (Wildman–Crippen LogP) is 10.7. The Balaban J connectivity index is 2.28. The van der Waals surface area contributed by atoms with Gasteiger partial charge >= 0.3 is 0 Å². The highest BCUT2D eigenvalue weighted by molar-refractivity contribution is 5.80. The van der Waals surface area contributed by atoms with Gasteiger partial charge in [-0.05, 0) is 77.0 Å².